The van der Waals surface area contributed by atoms with Crippen molar-refractivity contribution in [3.63, 3.8) is 0 Å². The van der Waals surface area contributed by atoms with Crippen molar-refractivity contribution in [1.82, 2.24) is 10.6 Å². The lowest BCUT2D eigenvalue weighted by Gasteiger charge is -2.10. The van der Waals surface area contributed by atoms with E-state index in [1.54, 1.807) is 0 Å². The second kappa shape index (κ2) is 7.17. The number of urea groups is 1. The van der Waals surface area contributed by atoms with Gasteiger partial charge in [-0.2, -0.15) is 0 Å². The predicted octanol–water partition coefficient (Wildman–Crippen LogP) is 0.596. The number of rotatable bonds is 5. The van der Waals surface area contributed by atoms with Crippen molar-refractivity contribution in [2.45, 2.75) is 6.92 Å². The predicted molar refractivity (Wildman–Crippen MR) is 68.8 cm³/mol. The monoisotopic (exact) mass is 301 g/mol. The molecule has 0 heterocycles. The van der Waals surface area contributed by atoms with Crippen molar-refractivity contribution in [3.8, 4) is 0 Å². The van der Waals surface area contributed by atoms with Gasteiger partial charge in [-0.15, -0.1) is 0 Å². The number of halogens is 2. The Bertz CT molecular complexity index is 578. The first-order valence-electron chi connectivity index (χ1n) is 5.79. The fourth-order valence-electron chi connectivity index (χ4n) is 1.33. The number of aliphatic carboxylic acids is 1. The third-order valence-electron chi connectivity index (χ3n) is 2.37. The van der Waals surface area contributed by atoms with Crippen molar-refractivity contribution >= 4 is 23.6 Å². The summed E-state index contributed by atoms with van der Waals surface area (Å²) in [6.07, 6.45) is 0. The second-order valence-electron chi connectivity index (χ2n) is 4.03. The Kier molecular flexibility index (Phi) is 5.58. The molecule has 1 aromatic carbocycles. The summed E-state index contributed by atoms with van der Waals surface area (Å²) in [5.41, 5.74) is -0.482. The Hall–Kier alpha value is -2.71. The van der Waals surface area contributed by atoms with Gasteiger partial charge < -0.3 is 21.1 Å². The minimum atomic E-state index is -1.24. The highest BCUT2D eigenvalue weighted by Crippen LogP contribution is 2.21. The van der Waals surface area contributed by atoms with E-state index >= 15 is 0 Å². The lowest BCUT2D eigenvalue weighted by molar-refractivity contribution is -0.137. The maximum Gasteiger partial charge on any atom is 0.322 e. The number of anilines is 1. The molecule has 9 heteroatoms. The molecule has 0 spiro atoms. The van der Waals surface area contributed by atoms with Gasteiger partial charge in [-0.25, -0.2) is 13.6 Å². The van der Waals surface area contributed by atoms with Crippen molar-refractivity contribution < 1.29 is 28.3 Å². The van der Waals surface area contributed by atoms with Gasteiger partial charge in [-0.3, -0.25) is 9.59 Å². The van der Waals surface area contributed by atoms with E-state index in [9.17, 15) is 23.2 Å². The summed E-state index contributed by atoms with van der Waals surface area (Å²) in [6, 6.07) is 1.21. The zero-order chi connectivity index (χ0) is 16.0. The summed E-state index contributed by atoms with van der Waals surface area (Å²) in [5.74, 6) is -3.86. The molecule has 1 rings (SSSR count). The normalized spacial score (nSPS) is 9.86. The molecule has 0 saturated heterocycles. The van der Waals surface area contributed by atoms with E-state index in [-0.39, 0.29) is 5.56 Å². The van der Waals surface area contributed by atoms with E-state index in [1.807, 2.05) is 16.0 Å². The third kappa shape index (κ3) is 5.05. The summed E-state index contributed by atoms with van der Waals surface area (Å²) < 4.78 is 27.0. The van der Waals surface area contributed by atoms with Gasteiger partial charge in [0.25, 0.3) is 0 Å². The standard InChI is InChI=1S/C12H13F2N3O4/c1-6-2-3-7(13)11(10(6)14)17-12(21)16-4-8(18)15-5-9(19)20/h2-3H,4-5H2,1H3,(H,15,18)(H,19,20)(H2,16,17,21). The van der Waals surface area contributed by atoms with Crippen LogP contribution in [0, 0.1) is 18.6 Å². The second-order valence-corrected chi connectivity index (χ2v) is 4.03. The number of hydrogen-bond acceptors (Lipinski definition) is 3. The molecule has 0 fully saturated rings. The number of carbonyl (C=O) groups is 3. The van der Waals surface area contributed by atoms with Crippen LogP contribution >= 0.6 is 0 Å². The topological polar surface area (TPSA) is 108 Å². The lowest BCUT2D eigenvalue weighted by atomic mass is 10.2. The maximum absolute atomic E-state index is 13.6. The number of carboxylic acids is 1. The van der Waals surface area contributed by atoms with Crippen LogP contribution in [0.15, 0.2) is 12.1 Å². The van der Waals surface area contributed by atoms with E-state index in [0.717, 1.165) is 6.07 Å². The summed E-state index contributed by atoms with van der Waals surface area (Å²) in [5, 5.41) is 14.3. The zero-order valence-electron chi connectivity index (χ0n) is 11.0. The quantitative estimate of drug-likeness (QED) is 0.638. The van der Waals surface area contributed by atoms with E-state index < -0.39 is 48.3 Å². The number of nitrogens with one attached hydrogen (secondary N) is 3. The third-order valence-corrected chi connectivity index (χ3v) is 2.37. The van der Waals surface area contributed by atoms with Gasteiger partial charge in [0.1, 0.15) is 18.0 Å². The molecule has 0 saturated carbocycles. The SMILES string of the molecule is Cc1ccc(F)c(NC(=O)NCC(=O)NCC(=O)O)c1F. The first kappa shape index (κ1) is 16.3. The maximum atomic E-state index is 13.6. The fourth-order valence-corrected chi connectivity index (χ4v) is 1.33. The molecular formula is C12H13F2N3O4. The molecule has 21 heavy (non-hydrogen) atoms. The van der Waals surface area contributed by atoms with Crippen LogP contribution in [0.1, 0.15) is 5.56 Å². The van der Waals surface area contributed by atoms with Crippen LogP contribution in [0.3, 0.4) is 0 Å². The number of aryl methyl sites for hydroxylation is 1. The molecule has 0 bridgehead atoms. The average Bonchev–Trinajstić information content (AvgIpc) is 2.43. The largest absolute Gasteiger partial charge is 0.480 e. The van der Waals surface area contributed by atoms with Crippen LogP contribution in [0.25, 0.3) is 0 Å². The van der Waals surface area contributed by atoms with Crippen LogP contribution in [0.2, 0.25) is 0 Å². The molecule has 0 unspecified atom stereocenters. The van der Waals surface area contributed by atoms with Crippen LogP contribution < -0.4 is 16.0 Å². The van der Waals surface area contributed by atoms with Crippen molar-refractivity contribution in [2.24, 2.45) is 0 Å². The van der Waals surface area contributed by atoms with Gasteiger partial charge in [0.2, 0.25) is 5.91 Å². The van der Waals surface area contributed by atoms with Crippen LogP contribution in [-0.4, -0.2) is 36.1 Å². The number of carboxylic acid groups (broad SMARTS) is 1. The Labute approximate surface area is 118 Å². The van der Waals surface area contributed by atoms with Crippen LogP contribution in [-0.2, 0) is 9.59 Å². The molecular weight excluding hydrogens is 288 g/mol. The molecule has 3 amide bonds. The minimum absolute atomic E-state index is 0.144. The molecule has 4 N–H and O–H groups in total. The first-order valence-corrected chi connectivity index (χ1v) is 5.79. The number of benzene rings is 1. The Morgan fingerprint density at radius 2 is 1.81 bits per heavy atom. The Balaban J connectivity index is 2.53. The molecule has 0 aliphatic rings. The van der Waals surface area contributed by atoms with E-state index in [2.05, 4.69) is 0 Å². The van der Waals surface area contributed by atoms with Gasteiger partial charge in [-0.1, -0.05) is 6.07 Å². The summed E-state index contributed by atoms with van der Waals surface area (Å²) in [7, 11) is 0. The molecule has 0 radical (unpaired) electrons. The molecule has 0 atom stereocenters. The van der Waals surface area contributed by atoms with E-state index in [4.69, 9.17) is 5.11 Å². The van der Waals surface area contributed by atoms with Gasteiger partial charge in [0.05, 0.1) is 6.54 Å². The molecule has 0 aliphatic carbocycles. The lowest BCUT2D eigenvalue weighted by Crippen LogP contribution is -2.40. The molecule has 7 nitrogen and oxygen atoms in total. The Morgan fingerprint density at radius 1 is 1.14 bits per heavy atom. The molecule has 114 valence electrons. The van der Waals surface area contributed by atoms with E-state index in [0.29, 0.717) is 0 Å². The highest BCUT2D eigenvalue weighted by atomic mass is 19.1. The number of hydrogen-bond donors (Lipinski definition) is 4. The fraction of sp³-hybridized carbons (Fsp3) is 0.250. The van der Waals surface area contributed by atoms with Crippen molar-refractivity contribution in [1.29, 1.82) is 0 Å². The highest BCUT2D eigenvalue weighted by Gasteiger charge is 2.14. The van der Waals surface area contributed by atoms with Crippen LogP contribution in [0.5, 0.6) is 0 Å². The first-order chi connectivity index (χ1) is 9.81. The number of carbonyl (C=O) groups excluding carboxylic acids is 2. The molecule has 0 aliphatic heterocycles. The average molecular weight is 301 g/mol. The molecule has 1 aromatic rings. The summed E-state index contributed by atoms with van der Waals surface area (Å²) in [6.45, 7) is 0.272. The van der Waals surface area contributed by atoms with Crippen molar-refractivity contribution in [2.75, 3.05) is 18.4 Å². The number of amides is 3. The zero-order valence-corrected chi connectivity index (χ0v) is 11.0. The van der Waals surface area contributed by atoms with Gasteiger partial charge in [0, 0.05) is 0 Å². The van der Waals surface area contributed by atoms with Gasteiger partial charge in [0.15, 0.2) is 5.82 Å². The summed E-state index contributed by atoms with van der Waals surface area (Å²) >= 11 is 0. The van der Waals surface area contributed by atoms with Gasteiger partial charge in [-0.05, 0) is 18.6 Å². The van der Waals surface area contributed by atoms with Crippen molar-refractivity contribution in [3.05, 3.63) is 29.3 Å². The van der Waals surface area contributed by atoms with E-state index in [1.165, 1.54) is 13.0 Å². The Morgan fingerprint density at radius 3 is 2.43 bits per heavy atom. The molecule has 0 aromatic heterocycles. The summed E-state index contributed by atoms with van der Waals surface area (Å²) in [4.78, 5) is 32.7. The van der Waals surface area contributed by atoms with Gasteiger partial charge >= 0.3 is 12.0 Å². The smallest absolute Gasteiger partial charge is 0.322 e. The minimum Gasteiger partial charge on any atom is -0.480 e. The van der Waals surface area contributed by atoms with Crippen LogP contribution in [0.4, 0.5) is 19.3 Å². The highest BCUT2D eigenvalue weighted by molar-refractivity contribution is 5.93.